The maximum Gasteiger partial charge on any atom is 0.499 e. The average molecular weight is 494 g/mol. The molecule has 3 rings (SSSR count). The van der Waals surface area contributed by atoms with Crippen molar-refractivity contribution in [2.45, 2.75) is 25.8 Å². The molecule has 0 spiro atoms. The number of alkyl halides is 5. The van der Waals surface area contributed by atoms with E-state index in [9.17, 15) is 22.0 Å². The standard InChI is InChI=1S/C18H17ClF5N7O2/c1-9-11(27-7-6-13(9)33-18(23,24)17(20,21)22)8-32-16-28-14-10(19)4-3-5-12(14)31(16)15(29-25)30(2)26/h3-7H,8,25-26H2,1-2H3/b29-15+. The number of nitrogens with two attached hydrogens (primary N) is 2. The molecule has 4 N–H and O–H groups in total. The number of rotatable bonds is 5. The average Bonchev–Trinajstić information content (AvgIpc) is 3.08. The van der Waals surface area contributed by atoms with Gasteiger partial charge in [-0.3, -0.25) is 9.99 Å². The van der Waals surface area contributed by atoms with Crippen molar-refractivity contribution in [1.29, 1.82) is 0 Å². The maximum absolute atomic E-state index is 13.3. The van der Waals surface area contributed by atoms with E-state index in [2.05, 4.69) is 19.8 Å². The van der Waals surface area contributed by atoms with Gasteiger partial charge < -0.3 is 15.3 Å². The SMILES string of the molecule is Cc1c(OC(F)(F)C(F)(F)F)ccnc1COc1nc2c(Cl)cccc2n1/C(=N/N)N(C)N. The molecule has 9 nitrogen and oxygen atoms in total. The van der Waals surface area contributed by atoms with Gasteiger partial charge in [0.25, 0.3) is 0 Å². The van der Waals surface area contributed by atoms with Gasteiger partial charge in [0.05, 0.1) is 16.2 Å². The summed E-state index contributed by atoms with van der Waals surface area (Å²) in [4.78, 5) is 8.25. The highest BCUT2D eigenvalue weighted by Gasteiger charge is 2.61. The molecular weight excluding hydrogens is 477 g/mol. The summed E-state index contributed by atoms with van der Waals surface area (Å²) in [6, 6.07) is 5.67. The molecule has 2 aromatic heterocycles. The Balaban J connectivity index is 1.97. The third kappa shape index (κ3) is 4.71. The molecule has 15 heteroatoms. The molecule has 2 heterocycles. The first kappa shape index (κ1) is 24.3. The van der Waals surface area contributed by atoms with E-state index in [1.54, 1.807) is 18.2 Å². The molecule has 0 radical (unpaired) electrons. The van der Waals surface area contributed by atoms with Crippen LogP contribution < -0.4 is 21.2 Å². The number of halogens is 6. The summed E-state index contributed by atoms with van der Waals surface area (Å²) < 4.78 is 75.1. The van der Waals surface area contributed by atoms with Gasteiger partial charge in [0, 0.05) is 18.8 Å². The zero-order chi connectivity index (χ0) is 24.6. The number of ether oxygens (including phenoxy) is 2. The molecule has 0 bridgehead atoms. The Morgan fingerprint density at radius 1 is 1.24 bits per heavy atom. The summed E-state index contributed by atoms with van der Waals surface area (Å²) in [6.07, 6.45) is -10.3. The molecule has 0 amide bonds. The van der Waals surface area contributed by atoms with Gasteiger partial charge in [0.2, 0.25) is 5.96 Å². The fourth-order valence-corrected chi connectivity index (χ4v) is 3.00. The number of pyridine rings is 1. The van der Waals surface area contributed by atoms with Gasteiger partial charge in [-0.1, -0.05) is 17.7 Å². The van der Waals surface area contributed by atoms with E-state index >= 15 is 0 Å². The lowest BCUT2D eigenvalue weighted by molar-refractivity contribution is -0.360. The molecule has 0 aliphatic carbocycles. The molecule has 0 atom stereocenters. The van der Waals surface area contributed by atoms with Gasteiger partial charge in [-0.05, 0) is 25.1 Å². The molecule has 1 aromatic carbocycles. The normalized spacial score (nSPS) is 12.8. The van der Waals surface area contributed by atoms with Crippen molar-refractivity contribution in [1.82, 2.24) is 19.5 Å². The minimum Gasteiger partial charge on any atom is -0.458 e. The summed E-state index contributed by atoms with van der Waals surface area (Å²) in [5.74, 6) is 10.5. The summed E-state index contributed by atoms with van der Waals surface area (Å²) in [6.45, 7) is 0.876. The number of fused-ring (bicyclic) bond motifs is 1. The number of hydrazone groups is 1. The minimum absolute atomic E-state index is 0.0151. The van der Waals surface area contributed by atoms with Gasteiger partial charge in [0.1, 0.15) is 17.9 Å². The van der Waals surface area contributed by atoms with Crippen molar-refractivity contribution in [3.8, 4) is 11.8 Å². The van der Waals surface area contributed by atoms with Crippen LogP contribution in [0.15, 0.2) is 35.6 Å². The van der Waals surface area contributed by atoms with Crippen molar-refractivity contribution in [2.75, 3.05) is 7.05 Å². The van der Waals surface area contributed by atoms with Crippen LogP contribution in [0.1, 0.15) is 11.3 Å². The van der Waals surface area contributed by atoms with E-state index in [0.29, 0.717) is 11.0 Å². The largest absolute Gasteiger partial charge is 0.499 e. The number of hydrazine groups is 1. The second kappa shape index (κ2) is 8.86. The first-order valence-electron chi connectivity index (χ1n) is 9.02. The number of nitrogens with zero attached hydrogens (tertiary/aromatic N) is 5. The third-order valence-corrected chi connectivity index (χ3v) is 4.71. The van der Waals surface area contributed by atoms with Crippen molar-refractivity contribution in [3.05, 3.63) is 46.7 Å². The summed E-state index contributed by atoms with van der Waals surface area (Å²) in [5, 5.41) is 4.99. The molecule has 178 valence electrons. The Kier molecular flexibility index (Phi) is 6.51. The Bertz CT molecular complexity index is 1200. The molecule has 33 heavy (non-hydrogen) atoms. The zero-order valence-corrected chi connectivity index (χ0v) is 17.8. The van der Waals surface area contributed by atoms with Crippen LogP contribution in [0.5, 0.6) is 11.8 Å². The summed E-state index contributed by atoms with van der Waals surface area (Å²) >= 11 is 6.19. The van der Waals surface area contributed by atoms with E-state index < -0.39 is 18.0 Å². The van der Waals surface area contributed by atoms with Crippen molar-refractivity contribution < 1.29 is 31.4 Å². The predicted octanol–water partition coefficient (Wildman–Crippen LogP) is 3.39. The van der Waals surface area contributed by atoms with Gasteiger partial charge in [-0.15, -0.1) is 5.10 Å². The predicted molar refractivity (Wildman–Crippen MR) is 109 cm³/mol. The lowest BCUT2D eigenvalue weighted by Gasteiger charge is -2.21. The van der Waals surface area contributed by atoms with Crippen LogP contribution in [0.4, 0.5) is 22.0 Å². The van der Waals surface area contributed by atoms with Crippen LogP contribution in [0.25, 0.3) is 11.0 Å². The monoisotopic (exact) mass is 493 g/mol. The number of para-hydroxylation sites is 1. The fraction of sp³-hybridized carbons (Fsp3) is 0.278. The van der Waals surface area contributed by atoms with E-state index in [1.807, 2.05) is 0 Å². The second-order valence-corrected chi connectivity index (χ2v) is 7.07. The Morgan fingerprint density at radius 2 is 1.94 bits per heavy atom. The number of hydrogen-bond donors (Lipinski definition) is 2. The highest BCUT2D eigenvalue weighted by Crippen LogP contribution is 2.38. The molecule has 0 aliphatic rings. The number of aromatic nitrogens is 3. The number of hydrogen-bond acceptors (Lipinski definition) is 7. The van der Waals surface area contributed by atoms with Gasteiger partial charge in [0.15, 0.2) is 0 Å². The van der Waals surface area contributed by atoms with Gasteiger partial charge in [-0.2, -0.15) is 26.9 Å². The van der Waals surface area contributed by atoms with Crippen LogP contribution in [0, 0.1) is 6.92 Å². The first-order valence-corrected chi connectivity index (χ1v) is 9.39. The smallest absolute Gasteiger partial charge is 0.458 e. The molecular formula is C18H17ClF5N7O2. The lowest BCUT2D eigenvalue weighted by atomic mass is 10.2. The lowest BCUT2D eigenvalue weighted by Crippen LogP contribution is -2.42. The van der Waals surface area contributed by atoms with Gasteiger partial charge >= 0.3 is 18.3 Å². The Morgan fingerprint density at radius 3 is 2.55 bits per heavy atom. The Labute approximate surface area is 188 Å². The first-order chi connectivity index (χ1) is 15.4. The Hall–Kier alpha value is -3.39. The molecule has 0 aliphatic heterocycles. The molecule has 0 unspecified atom stereocenters. The highest BCUT2D eigenvalue weighted by molar-refractivity contribution is 6.35. The van der Waals surface area contributed by atoms with Crippen LogP contribution in [-0.2, 0) is 6.61 Å². The van der Waals surface area contributed by atoms with Crippen molar-refractivity contribution in [2.24, 2.45) is 16.8 Å². The molecule has 0 saturated heterocycles. The minimum atomic E-state index is -5.89. The molecule has 3 aromatic rings. The highest BCUT2D eigenvalue weighted by atomic mass is 35.5. The quantitative estimate of drug-likeness (QED) is 0.184. The van der Waals surface area contributed by atoms with Crippen molar-refractivity contribution >= 4 is 28.6 Å². The van der Waals surface area contributed by atoms with Crippen molar-refractivity contribution in [3.63, 3.8) is 0 Å². The number of imidazole rings is 1. The summed E-state index contributed by atoms with van der Waals surface area (Å²) in [7, 11) is 1.46. The van der Waals surface area contributed by atoms with E-state index in [-0.39, 0.29) is 34.9 Å². The summed E-state index contributed by atoms with van der Waals surface area (Å²) in [5.41, 5.74) is 0.683. The number of benzene rings is 1. The maximum atomic E-state index is 13.3. The van der Waals surface area contributed by atoms with E-state index in [1.165, 1.54) is 18.5 Å². The van der Waals surface area contributed by atoms with Crippen LogP contribution in [-0.4, -0.2) is 44.8 Å². The topological polar surface area (TPSA) is 117 Å². The van der Waals surface area contributed by atoms with Gasteiger partial charge in [-0.25, -0.2) is 10.4 Å². The van der Waals surface area contributed by atoms with Crippen LogP contribution in [0.2, 0.25) is 5.02 Å². The zero-order valence-electron chi connectivity index (χ0n) is 17.1. The van der Waals surface area contributed by atoms with Crippen LogP contribution >= 0.6 is 11.6 Å². The second-order valence-electron chi connectivity index (χ2n) is 6.66. The fourth-order valence-electron chi connectivity index (χ4n) is 2.78. The van der Waals surface area contributed by atoms with E-state index in [4.69, 9.17) is 28.0 Å². The van der Waals surface area contributed by atoms with E-state index in [0.717, 1.165) is 17.3 Å². The van der Waals surface area contributed by atoms with Crippen LogP contribution in [0.3, 0.4) is 0 Å². The molecule has 0 saturated carbocycles. The third-order valence-electron chi connectivity index (χ3n) is 4.40. The molecule has 0 fully saturated rings.